The second-order valence-corrected chi connectivity index (χ2v) is 6.74. The molecular formula is C22H20FN3O5. The summed E-state index contributed by atoms with van der Waals surface area (Å²) in [7, 11) is 0. The first-order valence-corrected chi connectivity index (χ1v) is 9.52. The predicted octanol–water partition coefficient (Wildman–Crippen LogP) is 3.58. The van der Waals surface area contributed by atoms with Crippen molar-refractivity contribution in [3.8, 4) is 11.4 Å². The van der Waals surface area contributed by atoms with Crippen molar-refractivity contribution in [3.63, 3.8) is 0 Å². The summed E-state index contributed by atoms with van der Waals surface area (Å²) in [4.78, 5) is 40.2. The van der Waals surface area contributed by atoms with Crippen LogP contribution in [0.3, 0.4) is 0 Å². The maximum absolute atomic E-state index is 13.0. The standard InChI is InChI=1S/C22H20FN3O5/c1-13(27)17-5-3-4-6-18(17)24-22(29)14(2)30-20(28)12-11-19-25-21(26-31-19)15-7-9-16(23)10-8-15/h3-10,14H,11-12H2,1-2H3,(H,24,29). The van der Waals surface area contributed by atoms with E-state index in [1.165, 1.54) is 38.1 Å². The summed E-state index contributed by atoms with van der Waals surface area (Å²) in [6, 6.07) is 12.2. The molecule has 3 rings (SSSR count). The van der Waals surface area contributed by atoms with Gasteiger partial charge >= 0.3 is 5.97 Å². The van der Waals surface area contributed by atoms with E-state index in [9.17, 15) is 18.8 Å². The van der Waals surface area contributed by atoms with Crippen LogP contribution in [0.4, 0.5) is 10.1 Å². The Morgan fingerprint density at radius 2 is 1.84 bits per heavy atom. The van der Waals surface area contributed by atoms with E-state index in [2.05, 4.69) is 15.5 Å². The molecule has 0 bridgehead atoms. The summed E-state index contributed by atoms with van der Waals surface area (Å²) < 4.78 is 23.2. The molecular weight excluding hydrogens is 405 g/mol. The van der Waals surface area contributed by atoms with Gasteiger partial charge in [-0.3, -0.25) is 14.4 Å². The van der Waals surface area contributed by atoms with Gasteiger partial charge in [-0.25, -0.2) is 4.39 Å². The van der Waals surface area contributed by atoms with Gasteiger partial charge in [0.05, 0.1) is 12.1 Å². The van der Waals surface area contributed by atoms with Gasteiger partial charge in [0.25, 0.3) is 5.91 Å². The van der Waals surface area contributed by atoms with Crippen LogP contribution in [0.1, 0.15) is 36.5 Å². The summed E-state index contributed by atoms with van der Waals surface area (Å²) in [6.45, 7) is 2.83. The van der Waals surface area contributed by atoms with Crippen LogP contribution in [0, 0.1) is 5.82 Å². The van der Waals surface area contributed by atoms with Crippen LogP contribution in [-0.2, 0) is 20.7 Å². The molecule has 0 saturated carbocycles. The number of ether oxygens (including phenoxy) is 1. The van der Waals surface area contributed by atoms with Gasteiger partial charge in [-0.15, -0.1) is 0 Å². The number of nitrogens with one attached hydrogen (secondary N) is 1. The molecule has 0 spiro atoms. The Balaban J connectivity index is 1.51. The first-order chi connectivity index (χ1) is 14.8. The fraction of sp³-hybridized carbons (Fsp3) is 0.227. The number of aromatic nitrogens is 2. The molecule has 0 fully saturated rings. The highest BCUT2D eigenvalue weighted by molar-refractivity contribution is 6.04. The Kier molecular flexibility index (Phi) is 6.86. The van der Waals surface area contributed by atoms with Crippen LogP contribution >= 0.6 is 0 Å². The van der Waals surface area contributed by atoms with Gasteiger partial charge in [0, 0.05) is 17.5 Å². The van der Waals surface area contributed by atoms with Crippen LogP contribution in [0.5, 0.6) is 0 Å². The minimum absolute atomic E-state index is 0.0767. The maximum atomic E-state index is 13.0. The minimum atomic E-state index is -1.06. The van der Waals surface area contributed by atoms with Gasteiger partial charge in [0.1, 0.15) is 5.82 Å². The highest BCUT2D eigenvalue weighted by Gasteiger charge is 2.20. The molecule has 1 unspecified atom stereocenters. The van der Waals surface area contributed by atoms with Crippen molar-refractivity contribution >= 4 is 23.3 Å². The zero-order chi connectivity index (χ0) is 22.4. The molecule has 1 heterocycles. The number of esters is 1. The fourth-order valence-electron chi connectivity index (χ4n) is 2.72. The van der Waals surface area contributed by atoms with Gasteiger partial charge < -0.3 is 14.6 Å². The summed E-state index contributed by atoms with van der Waals surface area (Å²) in [5.74, 6) is -1.26. The molecule has 0 saturated heterocycles. The van der Waals surface area contributed by atoms with E-state index in [0.717, 1.165) is 0 Å². The van der Waals surface area contributed by atoms with Gasteiger partial charge in [0.15, 0.2) is 11.9 Å². The summed E-state index contributed by atoms with van der Waals surface area (Å²) in [5, 5.41) is 6.39. The van der Waals surface area contributed by atoms with Crippen LogP contribution < -0.4 is 5.32 Å². The first-order valence-electron chi connectivity index (χ1n) is 9.52. The van der Waals surface area contributed by atoms with Crippen molar-refractivity contribution in [2.75, 3.05) is 5.32 Å². The minimum Gasteiger partial charge on any atom is -0.453 e. The summed E-state index contributed by atoms with van der Waals surface area (Å²) >= 11 is 0. The highest BCUT2D eigenvalue weighted by Crippen LogP contribution is 2.18. The number of nitrogens with zero attached hydrogens (tertiary/aromatic N) is 2. The predicted molar refractivity (Wildman–Crippen MR) is 109 cm³/mol. The Morgan fingerprint density at radius 1 is 1.13 bits per heavy atom. The van der Waals surface area contributed by atoms with Crippen molar-refractivity contribution in [1.29, 1.82) is 0 Å². The van der Waals surface area contributed by atoms with E-state index < -0.39 is 18.0 Å². The number of Topliss-reactive ketones (excluding diaryl/α,β-unsaturated/α-hetero) is 1. The molecule has 1 N–H and O–H groups in total. The van der Waals surface area contributed by atoms with Crippen molar-refractivity contribution in [3.05, 3.63) is 65.8 Å². The number of ketones is 1. The monoisotopic (exact) mass is 425 g/mol. The maximum Gasteiger partial charge on any atom is 0.307 e. The molecule has 9 heteroatoms. The number of rotatable bonds is 8. The van der Waals surface area contributed by atoms with Crippen LogP contribution in [0.2, 0.25) is 0 Å². The number of carbonyl (C=O) groups is 3. The van der Waals surface area contributed by atoms with E-state index >= 15 is 0 Å². The smallest absolute Gasteiger partial charge is 0.307 e. The zero-order valence-electron chi connectivity index (χ0n) is 16.9. The van der Waals surface area contributed by atoms with Crippen molar-refractivity contribution < 1.29 is 28.0 Å². The van der Waals surface area contributed by atoms with Crippen molar-refractivity contribution in [2.24, 2.45) is 0 Å². The topological polar surface area (TPSA) is 111 Å². The SMILES string of the molecule is CC(=O)c1ccccc1NC(=O)C(C)OC(=O)CCc1nc(-c2ccc(F)cc2)no1. The lowest BCUT2D eigenvalue weighted by Crippen LogP contribution is -2.30. The number of carbonyl (C=O) groups excluding carboxylic acids is 3. The van der Waals surface area contributed by atoms with Gasteiger partial charge in [-0.1, -0.05) is 17.3 Å². The molecule has 160 valence electrons. The highest BCUT2D eigenvalue weighted by atomic mass is 19.1. The Morgan fingerprint density at radius 3 is 2.55 bits per heavy atom. The number of amides is 1. The van der Waals surface area contributed by atoms with E-state index in [1.807, 2.05) is 0 Å². The largest absolute Gasteiger partial charge is 0.453 e. The number of anilines is 1. The third-order valence-electron chi connectivity index (χ3n) is 4.36. The third-order valence-corrected chi connectivity index (χ3v) is 4.36. The van der Waals surface area contributed by atoms with Crippen LogP contribution in [-0.4, -0.2) is 33.9 Å². The molecule has 0 aliphatic rings. The summed E-state index contributed by atoms with van der Waals surface area (Å²) in [6.07, 6.45) is -1.02. The number of hydrogen-bond acceptors (Lipinski definition) is 7. The second-order valence-electron chi connectivity index (χ2n) is 6.74. The zero-order valence-corrected chi connectivity index (χ0v) is 16.9. The van der Waals surface area contributed by atoms with Gasteiger partial charge in [0.2, 0.25) is 11.7 Å². The average Bonchev–Trinajstić information content (AvgIpc) is 3.22. The lowest BCUT2D eigenvalue weighted by molar-refractivity contribution is -0.153. The molecule has 2 aromatic carbocycles. The molecule has 1 aromatic heterocycles. The molecule has 3 aromatic rings. The van der Waals surface area contributed by atoms with Crippen molar-refractivity contribution in [1.82, 2.24) is 10.1 Å². The van der Waals surface area contributed by atoms with Crippen LogP contribution in [0.15, 0.2) is 53.1 Å². The molecule has 1 amide bonds. The van der Waals surface area contributed by atoms with E-state index in [1.54, 1.807) is 24.3 Å². The molecule has 31 heavy (non-hydrogen) atoms. The van der Waals surface area contributed by atoms with Crippen molar-refractivity contribution in [2.45, 2.75) is 32.8 Å². The quantitative estimate of drug-likeness (QED) is 0.434. The number of benzene rings is 2. The average molecular weight is 425 g/mol. The number of hydrogen-bond donors (Lipinski definition) is 1. The molecule has 0 aliphatic carbocycles. The molecule has 0 radical (unpaired) electrons. The van der Waals surface area contributed by atoms with Crippen LogP contribution in [0.25, 0.3) is 11.4 Å². The third kappa shape index (κ3) is 5.81. The molecule has 8 nitrogen and oxygen atoms in total. The van der Waals surface area contributed by atoms with Gasteiger partial charge in [-0.05, 0) is 50.2 Å². The fourth-order valence-corrected chi connectivity index (χ4v) is 2.72. The number of aryl methyl sites for hydroxylation is 1. The number of para-hydroxylation sites is 1. The Bertz CT molecular complexity index is 1090. The first kappa shape index (κ1) is 21.8. The number of halogens is 1. The Hall–Kier alpha value is -3.88. The van der Waals surface area contributed by atoms with E-state index in [-0.39, 0.29) is 36.2 Å². The van der Waals surface area contributed by atoms with Gasteiger partial charge in [-0.2, -0.15) is 4.98 Å². The second kappa shape index (κ2) is 9.75. The molecule has 0 aliphatic heterocycles. The molecule has 1 atom stereocenters. The van der Waals surface area contributed by atoms with E-state index in [0.29, 0.717) is 16.8 Å². The lowest BCUT2D eigenvalue weighted by Gasteiger charge is -2.14. The lowest BCUT2D eigenvalue weighted by atomic mass is 10.1. The Labute approximate surface area is 177 Å². The van der Waals surface area contributed by atoms with E-state index in [4.69, 9.17) is 9.26 Å². The summed E-state index contributed by atoms with van der Waals surface area (Å²) in [5.41, 5.74) is 1.29. The normalized spacial score (nSPS) is 11.6.